The second-order valence-corrected chi connectivity index (χ2v) is 11.4. The summed E-state index contributed by atoms with van der Waals surface area (Å²) in [6, 6.07) is 20.6. The van der Waals surface area contributed by atoms with Crippen LogP contribution in [0.5, 0.6) is 0 Å². The average Bonchev–Trinajstić information content (AvgIpc) is 3.75. The Hall–Kier alpha value is -3.80. The molecule has 6 rings (SSSR count). The first kappa shape index (κ1) is 26.4. The normalized spacial score (nSPS) is 14.4. The largest absolute Gasteiger partial charge is 0.461 e. The van der Waals surface area contributed by atoms with Gasteiger partial charge < -0.3 is 9.73 Å². The number of furan rings is 1. The molecule has 0 bridgehead atoms. The first-order valence-corrected chi connectivity index (χ1v) is 14.9. The number of thioether (sulfide) groups is 1. The van der Waals surface area contributed by atoms with E-state index in [-0.39, 0.29) is 11.9 Å². The summed E-state index contributed by atoms with van der Waals surface area (Å²) in [6.45, 7) is 2.82. The van der Waals surface area contributed by atoms with E-state index in [0.717, 1.165) is 37.5 Å². The number of piperidine rings is 1. The molecule has 0 atom stereocenters. The van der Waals surface area contributed by atoms with Crippen LogP contribution < -0.4 is 5.32 Å². The van der Waals surface area contributed by atoms with E-state index in [0.29, 0.717) is 33.9 Å². The second-order valence-electron chi connectivity index (χ2n) is 9.49. The van der Waals surface area contributed by atoms with E-state index in [2.05, 4.69) is 49.7 Å². The van der Waals surface area contributed by atoms with Crippen molar-refractivity contribution in [3.05, 3.63) is 100 Å². The number of thiazole rings is 1. The molecule has 204 valence electrons. The first-order valence-electron chi connectivity index (χ1n) is 13.0. The number of para-hydroxylation sites is 1. The van der Waals surface area contributed by atoms with Gasteiger partial charge in [-0.2, -0.15) is 0 Å². The highest BCUT2D eigenvalue weighted by Gasteiger charge is 2.23. The third-order valence-electron chi connectivity index (χ3n) is 6.75. The molecule has 1 aliphatic rings. The fourth-order valence-electron chi connectivity index (χ4n) is 4.72. The Morgan fingerprint density at radius 1 is 1.05 bits per heavy atom. The van der Waals surface area contributed by atoms with Gasteiger partial charge in [0.1, 0.15) is 16.5 Å². The van der Waals surface area contributed by atoms with E-state index in [4.69, 9.17) is 4.42 Å². The fraction of sp³-hybridized carbons (Fsp3) is 0.241. The number of hydrogen-bond acceptors (Lipinski definition) is 8. The quantitative estimate of drug-likeness (QED) is 0.222. The number of nitrogens with zero attached hydrogens (tertiary/aromatic N) is 5. The standard InChI is InChI=1S/C29H27FN6O2S2/c30-22-9-4-5-10-24(22)36-27(25-11-6-16-38-25)33-34-29(36)40-19-26-32-23(18-39-26)28(37)31-21-12-14-35(15-13-21)17-20-7-2-1-3-8-20/h1-11,16,18,21H,12-15,17,19H2,(H,31,37). The van der Waals surface area contributed by atoms with Crippen molar-refractivity contribution in [2.45, 2.75) is 36.3 Å². The topological polar surface area (TPSA) is 89.1 Å². The smallest absolute Gasteiger partial charge is 0.270 e. The molecule has 0 saturated carbocycles. The van der Waals surface area contributed by atoms with Gasteiger partial charge in [0.05, 0.1) is 17.7 Å². The molecule has 2 aromatic carbocycles. The molecule has 0 aliphatic carbocycles. The lowest BCUT2D eigenvalue weighted by Crippen LogP contribution is -2.44. The van der Waals surface area contributed by atoms with Crippen LogP contribution in [-0.2, 0) is 12.3 Å². The van der Waals surface area contributed by atoms with Gasteiger partial charge in [0.2, 0.25) is 5.82 Å². The predicted molar refractivity (Wildman–Crippen MR) is 153 cm³/mol. The van der Waals surface area contributed by atoms with Gasteiger partial charge in [0.25, 0.3) is 5.91 Å². The van der Waals surface area contributed by atoms with Gasteiger partial charge in [-0.25, -0.2) is 9.37 Å². The van der Waals surface area contributed by atoms with Crippen molar-refractivity contribution in [3.63, 3.8) is 0 Å². The zero-order chi connectivity index (χ0) is 27.3. The maximum atomic E-state index is 14.7. The lowest BCUT2D eigenvalue weighted by Gasteiger charge is -2.32. The van der Waals surface area contributed by atoms with Crippen LogP contribution in [-0.4, -0.2) is 49.7 Å². The number of likely N-dealkylation sites (tertiary alicyclic amines) is 1. The lowest BCUT2D eigenvalue weighted by molar-refractivity contribution is 0.0904. The Balaban J connectivity index is 1.07. The molecule has 1 N–H and O–H groups in total. The van der Waals surface area contributed by atoms with Gasteiger partial charge in [-0.1, -0.05) is 54.2 Å². The van der Waals surface area contributed by atoms with Crippen molar-refractivity contribution in [1.82, 2.24) is 30.0 Å². The Kier molecular flexibility index (Phi) is 8.03. The molecule has 0 unspecified atom stereocenters. The summed E-state index contributed by atoms with van der Waals surface area (Å²) in [6.07, 6.45) is 3.36. The number of carbonyl (C=O) groups excluding carboxylic acids is 1. The van der Waals surface area contributed by atoms with Gasteiger partial charge in [-0.15, -0.1) is 21.5 Å². The zero-order valence-corrected chi connectivity index (χ0v) is 23.2. The molecule has 8 nitrogen and oxygen atoms in total. The van der Waals surface area contributed by atoms with E-state index in [1.165, 1.54) is 34.7 Å². The van der Waals surface area contributed by atoms with Gasteiger partial charge in [0.15, 0.2) is 10.9 Å². The highest BCUT2D eigenvalue weighted by atomic mass is 32.2. The monoisotopic (exact) mass is 574 g/mol. The molecule has 1 amide bonds. The predicted octanol–water partition coefficient (Wildman–Crippen LogP) is 5.81. The van der Waals surface area contributed by atoms with E-state index >= 15 is 0 Å². The highest BCUT2D eigenvalue weighted by Crippen LogP contribution is 2.31. The summed E-state index contributed by atoms with van der Waals surface area (Å²) in [5.74, 6) is 0.814. The van der Waals surface area contributed by atoms with Crippen LogP contribution in [0.15, 0.2) is 87.9 Å². The number of hydrogen-bond donors (Lipinski definition) is 1. The van der Waals surface area contributed by atoms with Crippen LogP contribution in [0.25, 0.3) is 17.3 Å². The SMILES string of the molecule is O=C(NC1CCN(Cc2ccccc2)CC1)c1csc(CSc2nnc(-c3ccco3)n2-c2ccccc2F)n1. The van der Waals surface area contributed by atoms with Crippen molar-refractivity contribution in [3.8, 4) is 17.3 Å². The second kappa shape index (κ2) is 12.2. The first-order chi connectivity index (χ1) is 19.6. The summed E-state index contributed by atoms with van der Waals surface area (Å²) in [7, 11) is 0. The van der Waals surface area contributed by atoms with Crippen LogP contribution in [0.2, 0.25) is 0 Å². The molecule has 0 spiro atoms. The molecular weight excluding hydrogens is 547 g/mol. The summed E-state index contributed by atoms with van der Waals surface area (Å²) in [5.41, 5.74) is 2.05. The minimum Gasteiger partial charge on any atom is -0.461 e. The average molecular weight is 575 g/mol. The molecular formula is C29H27FN6O2S2. The minimum atomic E-state index is -0.393. The summed E-state index contributed by atoms with van der Waals surface area (Å²) < 4.78 is 21.9. The number of carbonyl (C=O) groups is 1. The molecule has 4 heterocycles. The van der Waals surface area contributed by atoms with Crippen LogP contribution in [0.4, 0.5) is 4.39 Å². The van der Waals surface area contributed by atoms with Gasteiger partial charge in [0, 0.05) is 31.1 Å². The summed E-state index contributed by atoms with van der Waals surface area (Å²) in [4.78, 5) is 19.9. The van der Waals surface area contributed by atoms with Gasteiger partial charge in [-0.05, 0) is 42.7 Å². The Bertz CT molecular complexity index is 1560. The van der Waals surface area contributed by atoms with E-state index in [1.807, 2.05) is 6.07 Å². The molecule has 1 aliphatic heterocycles. The maximum absolute atomic E-state index is 14.7. The number of benzene rings is 2. The van der Waals surface area contributed by atoms with E-state index in [1.54, 1.807) is 46.5 Å². The van der Waals surface area contributed by atoms with Gasteiger partial charge >= 0.3 is 0 Å². The van der Waals surface area contributed by atoms with Crippen molar-refractivity contribution < 1.29 is 13.6 Å². The molecule has 40 heavy (non-hydrogen) atoms. The van der Waals surface area contributed by atoms with Crippen molar-refractivity contribution in [1.29, 1.82) is 0 Å². The molecule has 3 aromatic heterocycles. The molecule has 11 heteroatoms. The van der Waals surface area contributed by atoms with Crippen LogP contribution >= 0.6 is 23.1 Å². The molecule has 0 radical (unpaired) electrons. The van der Waals surface area contributed by atoms with Crippen LogP contribution in [0.3, 0.4) is 0 Å². The zero-order valence-electron chi connectivity index (χ0n) is 21.6. The summed E-state index contributed by atoms with van der Waals surface area (Å²) >= 11 is 2.79. The molecule has 1 fully saturated rings. The number of halogens is 1. The third-order valence-corrected chi connectivity index (χ3v) is 8.72. The third kappa shape index (κ3) is 6.01. The fourth-order valence-corrected chi connectivity index (χ4v) is 6.46. The number of aromatic nitrogens is 4. The highest BCUT2D eigenvalue weighted by molar-refractivity contribution is 7.98. The van der Waals surface area contributed by atoms with E-state index in [9.17, 15) is 9.18 Å². The van der Waals surface area contributed by atoms with Crippen LogP contribution in [0, 0.1) is 5.82 Å². The van der Waals surface area contributed by atoms with Crippen molar-refractivity contribution in [2.75, 3.05) is 13.1 Å². The van der Waals surface area contributed by atoms with Crippen molar-refractivity contribution in [2.24, 2.45) is 0 Å². The van der Waals surface area contributed by atoms with Crippen molar-refractivity contribution >= 4 is 29.0 Å². The molecule has 5 aromatic rings. The maximum Gasteiger partial charge on any atom is 0.270 e. The molecule has 1 saturated heterocycles. The number of nitrogens with one attached hydrogen (secondary N) is 1. The Morgan fingerprint density at radius 2 is 1.85 bits per heavy atom. The Labute approximate surface area is 239 Å². The number of amides is 1. The minimum absolute atomic E-state index is 0.137. The van der Waals surface area contributed by atoms with Gasteiger partial charge in [-0.3, -0.25) is 14.3 Å². The van der Waals surface area contributed by atoms with Crippen LogP contribution in [0.1, 0.15) is 33.9 Å². The summed E-state index contributed by atoms with van der Waals surface area (Å²) in [5, 5.41) is 14.8. The number of rotatable bonds is 9. The lowest BCUT2D eigenvalue weighted by atomic mass is 10.0. The Morgan fingerprint density at radius 3 is 2.62 bits per heavy atom. The van der Waals surface area contributed by atoms with E-state index < -0.39 is 5.82 Å².